The minimum atomic E-state index is -0.275. The highest BCUT2D eigenvalue weighted by molar-refractivity contribution is 6.35. The number of amides is 1. The lowest BCUT2D eigenvalue weighted by Gasteiger charge is -2.24. The van der Waals surface area contributed by atoms with Gasteiger partial charge in [0.15, 0.2) is 0 Å². The van der Waals surface area contributed by atoms with Crippen LogP contribution < -0.4 is 15.5 Å². The van der Waals surface area contributed by atoms with Gasteiger partial charge in [0.05, 0.1) is 21.9 Å². The second-order valence-electron chi connectivity index (χ2n) is 7.15. The molecule has 0 spiro atoms. The lowest BCUT2D eigenvalue weighted by atomic mass is 10.2. The molecule has 8 heteroatoms. The molecule has 1 heterocycles. The zero-order valence-corrected chi connectivity index (χ0v) is 18.1. The highest BCUT2D eigenvalue weighted by atomic mass is 35.5. The molecule has 0 bridgehead atoms. The van der Waals surface area contributed by atoms with Crippen LogP contribution in [0.25, 0.3) is 10.9 Å². The van der Waals surface area contributed by atoms with Gasteiger partial charge in [0.25, 0.3) is 0 Å². The maximum absolute atomic E-state index is 12.0. The van der Waals surface area contributed by atoms with Crippen molar-refractivity contribution < 1.29 is 4.79 Å². The molecule has 0 aliphatic carbocycles. The summed E-state index contributed by atoms with van der Waals surface area (Å²) in [5, 5.41) is 7.50. The lowest BCUT2D eigenvalue weighted by molar-refractivity contribution is -0.111. The maximum atomic E-state index is 12.0. The molecule has 1 aromatic heterocycles. The van der Waals surface area contributed by atoms with Crippen LogP contribution in [-0.2, 0) is 4.79 Å². The number of nitrogens with one attached hydrogen (secondary N) is 2. The number of hydrogen-bond acceptors (Lipinski definition) is 6. The van der Waals surface area contributed by atoms with Crippen molar-refractivity contribution in [3.05, 3.63) is 60.3 Å². The molecule has 30 heavy (non-hydrogen) atoms. The SMILES string of the molecule is C=CC(=O)Nc1cc(Nc2ncc3cccc(Cl)c3n2)ccc1N(C)CCN(C)C. The Balaban J connectivity index is 1.89. The minimum Gasteiger partial charge on any atom is -0.372 e. The molecule has 1 amide bonds. The summed E-state index contributed by atoms with van der Waals surface area (Å²) < 4.78 is 0. The van der Waals surface area contributed by atoms with Gasteiger partial charge in [-0.3, -0.25) is 4.79 Å². The predicted molar refractivity (Wildman–Crippen MR) is 125 cm³/mol. The molecule has 0 fully saturated rings. The third kappa shape index (κ3) is 5.25. The van der Waals surface area contributed by atoms with Gasteiger partial charge < -0.3 is 20.4 Å². The Labute approximate surface area is 181 Å². The van der Waals surface area contributed by atoms with Crippen LogP contribution in [0.3, 0.4) is 0 Å². The molecule has 0 unspecified atom stereocenters. The van der Waals surface area contributed by atoms with E-state index in [-0.39, 0.29) is 5.91 Å². The van der Waals surface area contributed by atoms with E-state index in [1.165, 1.54) is 6.08 Å². The zero-order chi connectivity index (χ0) is 21.7. The Kier molecular flexibility index (Phi) is 6.87. The quantitative estimate of drug-likeness (QED) is 0.529. The van der Waals surface area contributed by atoms with Crippen LogP contribution in [0.15, 0.2) is 55.3 Å². The first kappa shape index (κ1) is 21.5. The number of rotatable bonds is 8. The van der Waals surface area contributed by atoms with Gasteiger partial charge in [-0.15, -0.1) is 0 Å². The van der Waals surface area contributed by atoms with E-state index in [0.29, 0.717) is 22.2 Å². The molecule has 0 aliphatic rings. The summed E-state index contributed by atoms with van der Waals surface area (Å²) in [6.07, 6.45) is 2.97. The fourth-order valence-electron chi connectivity index (χ4n) is 2.91. The lowest BCUT2D eigenvalue weighted by Crippen LogP contribution is -2.29. The molecular weight excluding hydrogens is 400 g/mol. The number of likely N-dealkylation sites (N-methyl/N-ethyl adjacent to an activating group) is 2. The number of halogens is 1. The van der Waals surface area contributed by atoms with Gasteiger partial charge in [0, 0.05) is 37.4 Å². The van der Waals surface area contributed by atoms with Crippen molar-refractivity contribution in [2.24, 2.45) is 0 Å². The number of carbonyl (C=O) groups excluding carboxylic acids is 1. The number of aromatic nitrogens is 2. The molecule has 0 radical (unpaired) electrons. The molecule has 2 aromatic carbocycles. The standard InChI is InChI=1S/C22H25ClN6O/c1-5-20(30)26-18-13-16(9-10-19(18)29(4)12-11-28(2)3)25-22-24-14-15-7-6-8-17(23)21(15)27-22/h5-10,13-14H,1,11-12H2,2-4H3,(H,26,30)(H,24,25,27). The van der Waals surface area contributed by atoms with Gasteiger partial charge in [0.1, 0.15) is 0 Å². The number of nitrogens with zero attached hydrogens (tertiary/aromatic N) is 4. The van der Waals surface area contributed by atoms with Gasteiger partial charge in [0.2, 0.25) is 11.9 Å². The highest BCUT2D eigenvalue weighted by Gasteiger charge is 2.12. The van der Waals surface area contributed by atoms with Gasteiger partial charge >= 0.3 is 0 Å². The molecule has 7 nitrogen and oxygen atoms in total. The van der Waals surface area contributed by atoms with Crippen molar-refractivity contribution in [2.45, 2.75) is 0 Å². The molecule has 3 rings (SSSR count). The molecule has 0 atom stereocenters. The van der Waals surface area contributed by atoms with Crippen LogP contribution in [0, 0.1) is 0 Å². The third-order valence-electron chi connectivity index (χ3n) is 4.55. The van der Waals surface area contributed by atoms with E-state index in [4.69, 9.17) is 11.6 Å². The van der Waals surface area contributed by atoms with Crippen LogP contribution >= 0.6 is 11.6 Å². The Morgan fingerprint density at radius 2 is 2.00 bits per heavy atom. The van der Waals surface area contributed by atoms with Crippen LogP contribution in [0.4, 0.5) is 23.0 Å². The molecule has 2 N–H and O–H groups in total. The highest BCUT2D eigenvalue weighted by Crippen LogP contribution is 2.30. The molecular formula is C22H25ClN6O. The number of anilines is 4. The minimum absolute atomic E-state index is 0.275. The summed E-state index contributed by atoms with van der Waals surface area (Å²) >= 11 is 6.25. The normalized spacial score (nSPS) is 10.8. The Morgan fingerprint density at radius 1 is 1.20 bits per heavy atom. The topological polar surface area (TPSA) is 73.4 Å². The van der Waals surface area contributed by atoms with E-state index in [2.05, 4.69) is 37.0 Å². The Bertz CT molecular complexity index is 1070. The second kappa shape index (κ2) is 9.56. The van der Waals surface area contributed by atoms with Gasteiger partial charge in [-0.2, -0.15) is 0 Å². The molecule has 156 valence electrons. The smallest absolute Gasteiger partial charge is 0.247 e. The first-order valence-electron chi connectivity index (χ1n) is 9.49. The van der Waals surface area contributed by atoms with E-state index in [0.717, 1.165) is 29.9 Å². The number of carbonyl (C=O) groups is 1. The van der Waals surface area contributed by atoms with Crippen molar-refractivity contribution in [1.29, 1.82) is 0 Å². The van der Waals surface area contributed by atoms with Gasteiger partial charge in [-0.25, -0.2) is 9.97 Å². The third-order valence-corrected chi connectivity index (χ3v) is 4.86. The molecule has 0 saturated carbocycles. The summed E-state index contributed by atoms with van der Waals surface area (Å²) in [7, 11) is 6.04. The number of para-hydroxylation sites is 1. The zero-order valence-electron chi connectivity index (χ0n) is 17.3. The fourth-order valence-corrected chi connectivity index (χ4v) is 3.13. The van der Waals surface area contributed by atoms with Crippen LogP contribution in [0.1, 0.15) is 0 Å². The van der Waals surface area contributed by atoms with E-state index in [9.17, 15) is 4.79 Å². The average molecular weight is 425 g/mol. The maximum Gasteiger partial charge on any atom is 0.247 e. The predicted octanol–water partition coefficient (Wildman–Crippen LogP) is 4.15. The summed E-state index contributed by atoms with van der Waals surface area (Å²) in [5.74, 6) is 0.147. The van der Waals surface area contributed by atoms with Gasteiger partial charge in [-0.1, -0.05) is 30.3 Å². The summed E-state index contributed by atoms with van der Waals surface area (Å²) in [6, 6.07) is 11.3. The average Bonchev–Trinajstić information content (AvgIpc) is 2.72. The summed E-state index contributed by atoms with van der Waals surface area (Å²) in [4.78, 5) is 25.0. The molecule has 0 saturated heterocycles. The Hall–Kier alpha value is -3.16. The monoisotopic (exact) mass is 424 g/mol. The van der Waals surface area contributed by atoms with E-state index < -0.39 is 0 Å². The van der Waals surface area contributed by atoms with Crippen molar-refractivity contribution in [2.75, 3.05) is 49.8 Å². The summed E-state index contributed by atoms with van der Waals surface area (Å²) in [5.41, 5.74) is 2.99. The Morgan fingerprint density at radius 3 is 2.73 bits per heavy atom. The van der Waals surface area contributed by atoms with Crippen LogP contribution in [0.5, 0.6) is 0 Å². The van der Waals surface area contributed by atoms with Gasteiger partial charge in [-0.05, 0) is 44.4 Å². The summed E-state index contributed by atoms with van der Waals surface area (Å²) in [6.45, 7) is 5.23. The van der Waals surface area contributed by atoms with Crippen molar-refractivity contribution >= 4 is 51.4 Å². The van der Waals surface area contributed by atoms with Crippen LogP contribution in [0.2, 0.25) is 5.02 Å². The first-order valence-corrected chi connectivity index (χ1v) is 9.87. The van der Waals surface area contributed by atoms with Crippen molar-refractivity contribution in [3.8, 4) is 0 Å². The number of hydrogen-bond donors (Lipinski definition) is 2. The van der Waals surface area contributed by atoms with Crippen LogP contribution in [-0.4, -0.2) is 55.0 Å². The fraction of sp³-hybridized carbons (Fsp3) is 0.227. The second-order valence-corrected chi connectivity index (χ2v) is 7.55. The largest absolute Gasteiger partial charge is 0.372 e. The van der Waals surface area contributed by atoms with E-state index >= 15 is 0 Å². The van der Waals surface area contributed by atoms with E-state index in [1.54, 1.807) is 12.3 Å². The number of fused-ring (bicyclic) bond motifs is 1. The van der Waals surface area contributed by atoms with E-state index in [1.807, 2.05) is 51.5 Å². The number of benzene rings is 2. The molecule has 0 aliphatic heterocycles. The first-order chi connectivity index (χ1) is 14.4. The van der Waals surface area contributed by atoms with Crippen molar-refractivity contribution in [1.82, 2.24) is 14.9 Å². The molecule has 3 aromatic rings. The van der Waals surface area contributed by atoms with Crippen molar-refractivity contribution in [3.63, 3.8) is 0 Å².